The van der Waals surface area contributed by atoms with Crippen molar-refractivity contribution in [3.63, 3.8) is 0 Å². The summed E-state index contributed by atoms with van der Waals surface area (Å²) in [5.74, 6) is -0.364. The van der Waals surface area contributed by atoms with Crippen LogP contribution in [0.3, 0.4) is 0 Å². The number of anilines is 1. The zero-order chi connectivity index (χ0) is 20.0. The van der Waals surface area contributed by atoms with Crippen LogP contribution in [0.4, 0.5) is 5.69 Å². The third kappa shape index (κ3) is 5.16. The third-order valence-corrected chi connectivity index (χ3v) is 5.65. The Kier molecular flexibility index (Phi) is 7.14. The first kappa shape index (κ1) is 21.1. The van der Waals surface area contributed by atoms with Gasteiger partial charge in [0.1, 0.15) is 12.3 Å². The van der Waals surface area contributed by atoms with Gasteiger partial charge in [-0.15, -0.1) is 0 Å². The number of carbonyl (C=O) groups is 1. The normalized spacial score (nSPS) is 11.4. The van der Waals surface area contributed by atoms with Crippen molar-refractivity contribution in [1.82, 2.24) is 9.29 Å². The molecule has 1 aromatic carbocycles. The minimum atomic E-state index is -3.70. The molecule has 0 atom stereocenters. The van der Waals surface area contributed by atoms with Crippen LogP contribution in [-0.4, -0.2) is 58.0 Å². The maximum Gasteiger partial charge on any atom is 0.257 e. The summed E-state index contributed by atoms with van der Waals surface area (Å²) in [6.45, 7) is 0.619. The number of sulfonamides is 1. The number of rotatable bonds is 8. The SMILES string of the molecule is COCCOc1ncccc1NC(=O)c1cc(S(=O)(=O)N(C)C)ccc1Cl. The fourth-order valence-corrected chi connectivity index (χ4v) is 3.19. The van der Waals surface area contributed by atoms with E-state index in [9.17, 15) is 13.2 Å². The Morgan fingerprint density at radius 2 is 2.00 bits per heavy atom. The highest BCUT2D eigenvalue weighted by Crippen LogP contribution is 2.25. The van der Waals surface area contributed by atoms with Crippen molar-refractivity contribution in [3.8, 4) is 5.88 Å². The summed E-state index contributed by atoms with van der Waals surface area (Å²) in [6.07, 6.45) is 1.52. The minimum absolute atomic E-state index is 0.0197. The van der Waals surface area contributed by atoms with Crippen molar-refractivity contribution in [2.24, 2.45) is 0 Å². The van der Waals surface area contributed by atoms with E-state index < -0.39 is 15.9 Å². The highest BCUT2D eigenvalue weighted by atomic mass is 35.5. The molecule has 0 saturated heterocycles. The molecule has 0 fully saturated rings. The molecule has 2 aromatic rings. The number of amides is 1. The lowest BCUT2D eigenvalue weighted by Crippen LogP contribution is -2.23. The van der Waals surface area contributed by atoms with Gasteiger partial charge in [0, 0.05) is 27.4 Å². The van der Waals surface area contributed by atoms with Crippen LogP contribution in [-0.2, 0) is 14.8 Å². The maximum atomic E-state index is 12.7. The first-order valence-corrected chi connectivity index (χ1v) is 9.69. The second-order valence-electron chi connectivity index (χ2n) is 5.58. The maximum absolute atomic E-state index is 12.7. The topological polar surface area (TPSA) is 97.8 Å². The van der Waals surface area contributed by atoms with Gasteiger partial charge in [0.05, 0.1) is 22.1 Å². The van der Waals surface area contributed by atoms with Gasteiger partial charge in [-0.2, -0.15) is 0 Å². The van der Waals surface area contributed by atoms with Gasteiger partial charge in [0.15, 0.2) is 0 Å². The van der Waals surface area contributed by atoms with E-state index in [2.05, 4.69) is 10.3 Å². The van der Waals surface area contributed by atoms with E-state index in [1.807, 2.05) is 0 Å². The third-order valence-electron chi connectivity index (χ3n) is 3.51. The molecule has 1 amide bonds. The fourth-order valence-electron chi connectivity index (χ4n) is 2.06. The first-order valence-electron chi connectivity index (χ1n) is 7.87. The molecular weight excluding hydrogens is 394 g/mol. The number of hydrogen-bond donors (Lipinski definition) is 1. The summed E-state index contributed by atoms with van der Waals surface area (Å²) in [7, 11) is 0.652. The van der Waals surface area contributed by atoms with Crippen molar-refractivity contribution in [2.75, 3.05) is 39.7 Å². The van der Waals surface area contributed by atoms with Gasteiger partial charge in [0.2, 0.25) is 15.9 Å². The zero-order valence-electron chi connectivity index (χ0n) is 15.1. The second kappa shape index (κ2) is 9.14. The van der Waals surface area contributed by atoms with Crippen molar-refractivity contribution in [1.29, 1.82) is 0 Å². The van der Waals surface area contributed by atoms with E-state index in [0.717, 1.165) is 4.31 Å². The highest BCUT2D eigenvalue weighted by molar-refractivity contribution is 7.89. The molecule has 8 nitrogen and oxygen atoms in total. The lowest BCUT2D eigenvalue weighted by Gasteiger charge is -2.14. The van der Waals surface area contributed by atoms with Crippen LogP contribution in [0.5, 0.6) is 5.88 Å². The molecule has 2 rings (SSSR count). The van der Waals surface area contributed by atoms with Crippen LogP contribution in [0.25, 0.3) is 0 Å². The van der Waals surface area contributed by atoms with Gasteiger partial charge in [0.25, 0.3) is 5.91 Å². The van der Waals surface area contributed by atoms with E-state index in [1.54, 1.807) is 19.2 Å². The Morgan fingerprint density at radius 1 is 1.26 bits per heavy atom. The summed E-state index contributed by atoms with van der Waals surface area (Å²) in [6, 6.07) is 7.19. The molecule has 0 saturated carbocycles. The number of benzene rings is 1. The zero-order valence-corrected chi connectivity index (χ0v) is 16.7. The Hall–Kier alpha value is -2.20. The molecule has 27 heavy (non-hydrogen) atoms. The molecule has 0 aliphatic heterocycles. The number of pyridine rings is 1. The molecule has 0 aliphatic rings. The Bertz CT molecular complexity index is 919. The molecule has 10 heteroatoms. The summed E-state index contributed by atoms with van der Waals surface area (Å²) in [5.41, 5.74) is 0.349. The van der Waals surface area contributed by atoms with E-state index in [-0.39, 0.29) is 28.0 Å². The molecule has 146 valence electrons. The second-order valence-corrected chi connectivity index (χ2v) is 8.14. The van der Waals surface area contributed by atoms with Crippen LogP contribution in [0.15, 0.2) is 41.4 Å². The molecule has 0 radical (unpaired) electrons. The van der Waals surface area contributed by atoms with Gasteiger partial charge in [-0.05, 0) is 30.3 Å². The standard InChI is InChI=1S/C17H20ClN3O5S/c1-21(2)27(23,24)12-6-7-14(18)13(11-12)16(22)20-15-5-4-8-19-17(15)26-10-9-25-3/h4-8,11H,9-10H2,1-3H3,(H,20,22). The molecule has 0 spiro atoms. The predicted molar refractivity (Wildman–Crippen MR) is 102 cm³/mol. The molecular formula is C17H20ClN3O5S. The number of methoxy groups -OCH3 is 1. The summed E-state index contributed by atoms with van der Waals surface area (Å²) >= 11 is 6.10. The summed E-state index contributed by atoms with van der Waals surface area (Å²) in [5, 5.41) is 2.76. The van der Waals surface area contributed by atoms with Crippen molar-refractivity contribution in [3.05, 3.63) is 47.1 Å². The van der Waals surface area contributed by atoms with Gasteiger partial charge in [-0.3, -0.25) is 4.79 Å². The number of hydrogen-bond acceptors (Lipinski definition) is 6. The van der Waals surface area contributed by atoms with Crippen LogP contribution in [0.2, 0.25) is 5.02 Å². The average Bonchev–Trinajstić information content (AvgIpc) is 2.63. The predicted octanol–water partition coefficient (Wildman–Crippen LogP) is 2.26. The lowest BCUT2D eigenvalue weighted by molar-refractivity contribution is 0.102. The van der Waals surface area contributed by atoms with E-state index >= 15 is 0 Å². The van der Waals surface area contributed by atoms with Gasteiger partial charge < -0.3 is 14.8 Å². The van der Waals surface area contributed by atoms with Crippen molar-refractivity contribution >= 4 is 33.2 Å². The van der Waals surface area contributed by atoms with E-state index in [4.69, 9.17) is 21.1 Å². The molecule has 0 bridgehead atoms. The number of halogens is 1. The van der Waals surface area contributed by atoms with Crippen LogP contribution < -0.4 is 10.1 Å². The number of carbonyl (C=O) groups excluding carboxylic acids is 1. The largest absolute Gasteiger partial charge is 0.474 e. The van der Waals surface area contributed by atoms with E-state index in [0.29, 0.717) is 12.3 Å². The molecule has 1 aromatic heterocycles. The number of nitrogens with one attached hydrogen (secondary N) is 1. The summed E-state index contributed by atoms with van der Waals surface area (Å²) in [4.78, 5) is 16.7. The Balaban J connectivity index is 2.29. The van der Waals surface area contributed by atoms with E-state index in [1.165, 1.54) is 38.5 Å². The number of ether oxygens (including phenoxy) is 2. The average molecular weight is 414 g/mol. The van der Waals surface area contributed by atoms with Crippen LogP contribution >= 0.6 is 11.6 Å². The minimum Gasteiger partial charge on any atom is -0.474 e. The van der Waals surface area contributed by atoms with Gasteiger partial charge in [-0.1, -0.05) is 11.6 Å². The van der Waals surface area contributed by atoms with Crippen molar-refractivity contribution < 1.29 is 22.7 Å². The fraction of sp³-hybridized carbons (Fsp3) is 0.294. The van der Waals surface area contributed by atoms with Crippen LogP contribution in [0, 0.1) is 0 Å². The van der Waals surface area contributed by atoms with Crippen molar-refractivity contribution in [2.45, 2.75) is 4.90 Å². The lowest BCUT2D eigenvalue weighted by atomic mass is 10.2. The quantitative estimate of drug-likeness (QED) is 0.666. The monoisotopic (exact) mass is 413 g/mol. The first-order chi connectivity index (χ1) is 12.8. The summed E-state index contributed by atoms with van der Waals surface area (Å²) < 4.78 is 36.0. The van der Waals surface area contributed by atoms with Gasteiger partial charge >= 0.3 is 0 Å². The van der Waals surface area contributed by atoms with Gasteiger partial charge in [-0.25, -0.2) is 17.7 Å². The Labute approximate surface area is 163 Å². The molecule has 1 heterocycles. The van der Waals surface area contributed by atoms with Crippen LogP contribution in [0.1, 0.15) is 10.4 Å². The number of nitrogens with zero attached hydrogens (tertiary/aromatic N) is 2. The smallest absolute Gasteiger partial charge is 0.257 e. The highest BCUT2D eigenvalue weighted by Gasteiger charge is 2.21. The molecule has 0 aliphatic carbocycles. The molecule has 0 unspecified atom stereocenters. The number of aromatic nitrogens is 1. The Morgan fingerprint density at radius 3 is 2.67 bits per heavy atom. The molecule has 1 N–H and O–H groups in total.